The van der Waals surface area contributed by atoms with Crippen molar-refractivity contribution in [3.8, 4) is 11.5 Å². The lowest BCUT2D eigenvalue weighted by Gasteiger charge is -2.26. The topological polar surface area (TPSA) is 112 Å². The fourth-order valence-electron chi connectivity index (χ4n) is 5.50. The van der Waals surface area contributed by atoms with Gasteiger partial charge in [-0.25, -0.2) is 9.59 Å². The highest BCUT2D eigenvalue weighted by molar-refractivity contribution is 5.91. The molecule has 2 atom stereocenters. The standard InChI is InChI=1S/C41H48O8/c1-5-11-29-13-7-9-15-37(29)39(44)48-27-33(42)25-46-35-21-17-31(18-22-35)41(3,4)32-19-23-36(24-20-32)47-26-34(43)28-49-40(45)38-16-10-8-14-30(38)12-6-2/h7-10,13-24,33-34,42-43H,5-6,11-12,25-28H2,1-4H3. The molecule has 0 saturated carbocycles. The van der Waals surface area contributed by atoms with E-state index in [0.717, 1.165) is 47.9 Å². The van der Waals surface area contributed by atoms with Crippen LogP contribution in [0, 0.1) is 0 Å². The van der Waals surface area contributed by atoms with Gasteiger partial charge in [0.05, 0.1) is 11.1 Å². The fourth-order valence-corrected chi connectivity index (χ4v) is 5.50. The van der Waals surface area contributed by atoms with Crippen LogP contribution in [0.25, 0.3) is 0 Å². The van der Waals surface area contributed by atoms with Crippen LogP contribution in [0.5, 0.6) is 11.5 Å². The Labute approximate surface area is 289 Å². The summed E-state index contributed by atoms with van der Waals surface area (Å²) in [6.45, 7) is 7.99. The molecule has 8 nitrogen and oxygen atoms in total. The van der Waals surface area contributed by atoms with Gasteiger partial charge in [-0.05, 0) is 71.5 Å². The van der Waals surface area contributed by atoms with E-state index in [2.05, 4.69) is 27.7 Å². The van der Waals surface area contributed by atoms with Gasteiger partial charge in [0.15, 0.2) is 0 Å². The Balaban J connectivity index is 1.22. The molecule has 4 aromatic carbocycles. The van der Waals surface area contributed by atoms with Gasteiger partial charge in [0, 0.05) is 5.41 Å². The molecule has 0 bridgehead atoms. The van der Waals surface area contributed by atoms with Crippen LogP contribution < -0.4 is 9.47 Å². The van der Waals surface area contributed by atoms with Crippen molar-refractivity contribution in [2.45, 2.75) is 71.0 Å². The van der Waals surface area contributed by atoms with Gasteiger partial charge in [-0.2, -0.15) is 0 Å². The second kappa shape index (κ2) is 18.2. The number of hydrogen-bond acceptors (Lipinski definition) is 8. The third kappa shape index (κ3) is 10.7. The monoisotopic (exact) mass is 668 g/mol. The van der Waals surface area contributed by atoms with E-state index in [1.807, 2.05) is 72.8 Å². The third-order valence-electron chi connectivity index (χ3n) is 8.36. The zero-order chi connectivity index (χ0) is 35.2. The number of aryl methyl sites for hydroxylation is 2. The molecule has 0 fully saturated rings. The molecule has 0 saturated heterocycles. The number of carbonyl (C=O) groups excluding carboxylic acids is 2. The molecule has 0 aliphatic carbocycles. The maximum Gasteiger partial charge on any atom is 0.338 e. The molecule has 49 heavy (non-hydrogen) atoms. The van der Waals surface area contributed by atoms with Crippen LogP contribution in [-0.4, -0.2) is 60.8 Å². The number of carbonyl (C=O) groups is 2. The molecule has 8 heteroatoms. The number of aliphatic hydroxyl groups excluding tert-OH is 2. The summed E-state index contributed by atoms with van der Waals surface area (Å²) in [5.74, 6) is 0.289. The second-order valence-corrected chi connectivity index (χ2v) is 12.6. The highest BCUT2D eigenvalue weighted by Crippen LogP contribution is 2.33. The van der Waals surface area contributed by atoms with E-state index in [-0.39, 0.29) is 31.8 Å². The molecule has 260 valence electrons. The molecule has 2 N–H and O–H groups in total. The largest absolute Gasteiger partial charge is 0.491 e. The smallest absolute Gasteiger partial charge is 0.338 e. The van der Waals surface area contributed by atoms with Gasteiger partial charge in [-0.15, -0.1) is 0 Å². The molecule has 0 aliphatic heterocycles. The minimum atomic E-state index is -0.969. The van der Waals surface area contributed by atoms with Crippen molar-refractivity contribution in [1.82, 2.24) is 0 Å². The zero-order valence-electron chi connectivity index (χ0n) is 28.9. The first kappa shape index (κ1) is 37.2. The molecule has 0 aliphatic rings. The lowest BCUT2D eigenvalue weighted by molar-refractivity contribution is 0.0126. The summed E-state index contributed by atoms with van der Waals surface area (Å²) in [6, 6.07) is 30.1. The Morgan fingerprint density at radius 3 is 1.31 bits per heavy atom. The number of aliphatic hydroxyl groups is 2. The SMILES string of the molecule is CCCc1ccccc1C(=O)OCC(O)COc1ccc(C(C)(C)c2ccc(OCC(O)COC(=O)c3ccccc3CCC)cc2)cc1. The summed E-state index contributed by atoms with van der Waals surface area (Å²) < 4.78 is 22.2. The van der Waals surface area contributed by atoms with Crippen LogP contribution in [0.1, 0.15) is 83.5 Å². The van der Waals surface area contributed by atoms with E-state index in [1.165, 1.54) is 0 Å². The first-order chi connectivity index (χ1) is 23.6. The van der Waals surface area contributed by atoms with E-state index in [1.54, 1.807) is 24.3 Å². The maximum absolute atomic E-state index is 12.5. The first-order valence-corrected chi connectivity index (χ1v) is 16.9. The predicted molar refractivity (Wildman–Crippen MR) is 189 cm³/mol. The van der Waals surface area contributed by atoms with Crippen molar-refractivity contribution >= 4 is 11.9 Å². The molecule has 0 spiro atoms. The highest BCUT2D eigenvalue weighted by Gasteiger charge is 2.24. The van der Waals surface area contributed by atoms with Crippen LogP contribution in [0.2, 0.25) is 0 Å². The Bertz CT molecular complexity index is 1510. The molecule has 2 unspecified atom stereocenters. The number of esters is 2. The van der Waals surface area contributed by atoms with Crippen molar-refractivity contribution in [1.29, 1.82) is 0 Å². The normalized spacial score (nSPS) is 12.5. The molecular formula is C41H48O8. The maximum atomic E-state index is 12.5. The quantitative estimate of drug-likeness (QED) is 0.108. The van der Waals surface area contributed by atoms with Crippen LogP contribution >= 0.6 is 0 Å². The Morgan fingerprint density at radius 1 is 0.571 bits per heavy atom. The number of hydrogen-bond donors (Lipinski definition) is 2. The Kier molecular flexibility index (Phi) is 13.8. The summed E-state index contributed by atoms with van der Waals surface area (Å²) >= 11 is 0. The second-order valence-electron chi connectivity index (χ2n) is 12.6. The van der Waals surface area contributed by atoms with Crippen LogP contribution in [-0.2, 0) is 27.7 Å². The fraction of sp³-hybridized carbons (Fsp3) is 0.366. The van der Waals surface area contributed by atoms with Crippen molar-refractivity contribution < 1.29 is 38.7 Å². The van der Waals surface area contributed by atoms with Crippen molar-refractivity contribution in [3.05, 3.63) is 130 Å². The number of rotatable bonds is 18. The van der Waals surface area contributed by atoms with E-state index >= 15 is 0 Å². The van der Waals surface area contributed by atoms with Crippen LogP contribution in [0.4, 0.5) is 0 Å². The van der Waals surface area contributed by atoms with E-state index in [9.17, 15) is 19.8 Å². The van der Waals surface area contributed by atoms with Gasteiger partial charge in [0.25, 0.3) is 0 Å². The van der Waals surface area contributed by atoms with Gasteiger partial charge in [0.2, 0.25) is 0 Å². The van der Waals surface area contributed by atoms with E-state index in [4.69, 9.17) is 18.9 Å². The van der Waals surface area contributed by atoms with Gasteiger partial charge in [0.1, 0.15) is 50.1 Å². The van der Waals surface area contributed by atoms with Gasteiger partial charge in [-0.1, -0.05) is 101 Å². The molecule has 0 heterocycles. The van der Waals surface area contributed by atoms with Gasteiger partial charge < -0.3 is 29.2 Å². The molecule has 0 amide bonds. The summed E-state index contributed by atoms with van der Waals surface area (Å²) in [6.07, 6.45) is 1.47. The Hall–Kier alpha value is -4.66. The first-order valence-electron chi connectivity index (χ1n) is 16.9. The molecule has 0 aromatic heterocycles. The van der Waals surface area contributed by atoms with Crippen molar-refractivity contribution in [3.63, 3.8) is 0 Å². The molecule has 0 radical (unpaired) electrons. The van der Waals surface area contributed by atoms with Crippen molar-refractivity contribution in [2.24, 2.45) is 0 Å². The summed E-state index contributed by atoms with van der Waals surface area (Å²) in [4.78, 5) is 25.1. The van der Waals surface area contributed by atoms with E-state index < -0.39 is 24.1 Å². The molecule has 4 rings (SSSR count). The van der Waals surface area contributed by atoms with Gasteiger partial charge >= 0.3 is 11.9 Å². The highest BCUT2D eigenvalue weighted by atomic mass is 16.6. The van der Waals surface area contributed by atoms with Gasteiger partial charge in [-0.3, -0.25) is 0 Å². The third-order valence-corrected chi connectivity index (χ3v) is 8.36. The average Bonchev–Trinajstić information content (AvgIpc) is 3.12. The lowest BCUT2D eigenvalue weighted by Crippen LogP contribution is -2.25. The molecule has 4 aromatic rings. The van der Waals surface area contributed by atoms with Crippen LogP contribution in [0.15, 0.2) is 97.1 Å². The predicted octanol–water partition coefficient (Wildman–Crippen LogP) is 7.11. The van der Waals surface area contributed by atoms with Crippen LogP contribution in [0.3, 0.4) is 0 Å². The minimum absolute atomic E-state index is 0.0157. The summed E-state index contributed by atoms with van der Waals surface area (Å²) in [7, 11) is 0. The number of benzene rings is 4. The molecular weight excluding hydrogens is 620 g/mol. The van der Waals surface area contributed by atoms with Crippen molar-refractivity contribution in [2.75, 3.05) is 26.4 Å². The Morgan fingerprint density at radius 2 is 0.939 bits per heavy atom. The average molecular weight is 669 g/mol. The minimum Gasteiger partial charge on any atom is -0.491 e. The summed E-state index contributed by atoms with van der Waals surface area (Å²) in [5.41, 5.74) is 4.71. The summed E-state index contributed by atoms with van der Waals surface area (Å²) in [5, 5.41) is 20.7. The number of ether oxygens (including phenoxy) is 4. The van der Waals surface area contributed by atoms with E-state index in [0.29, 0.717) is 22.6 Å². The lowest BCUT2D eigenvalue weighted by atomic mass is 9.78. The zero-order valence-corrected chi connectivity index (χ0v) is 28.9.